The first-order chi connectivity index (χ1) is 10.2. The summed E-state index contributed by atoms with van der Waals surface area (Å²) in [6.07, 6.45) is -4.58. The van der Waals surface area contributed by atoms with Crippen LogP contribution in [0, 0.1) is 0 Å². The number of amides is 2. The third-order valence-corrected chi connectivity index (χ3v) is 2.93. The molecule has 1 saturated heterocycles. The van der Waals surface area contributed by atoms with Crippen molar-refractivity contribution in [3.8, 4) is 0 Å². The van der Waals surface area contributed by atoms with Crippen molar-refractivity contribution >= 4 is 40.6 Å². The van der Waals surface area contributed by atoms with Crippen molar-refractivity contribution in [2.45, 2.75) is 12.2 Å². The van der Waals surface area contributed by atoms with E-state index in [1.165, 1.54) is 6.07 Å². The monoisotopic (exact) mass is 331 g/mol. The third kappa shape index (κ3) is 3.39. The van der Waals surface area contributed by atoms with Gasteiger partial charge < -0.3 is 16.0 Å². The third-order valence-electron chi connectivity index (χ3n) is 2.71. The largest absolute Gasteiger partial charge is 0.416 e. The summed E-state index contributed by atoms with van der Waals surface area (Å²) in [6, 6.07) is 2.28. The minimum atomic E-state index is -4.58. The van der Waals surface area contributed by atoms with E-state index < -0.39 is 35.4 Å². The molecule has 1 unspecified atom stereocenters. The van der Waals surface area contributed by atoms with Gasteiger partial charge in [-0.3, -0.25) is 14.4 Å². The Morgan fingerprint density at radius 3 is 2.50 bits per heavy atom. The molecule has 6 nitrogen and oxygen atoms in total. The van der Waals surface area contributed by atoms with Crippen molar-refractivity contribution in [1.82, 2.24) is 10.6 Å². The van der Waals surface area contributed by atoms with Crippen LogP contribution in [0.2, 0.25) is 0 Å². The second-order valence-corrected chi connectivity index (χ2v) is 4.70. The van der Waals surface area contributed by atoms with Gasteiger partial charge in [0.05, 0.1) is 5.56 Å². The lowest BCUT2D eigenvalue weighted by atomic mass is 10.1. The number of hydrogen-bond donors (Lipinski definition) is 3. The van der Waals surface area contributed by atoms with Crippen LogP contribution >= 0.6 is 12.2 Å². The average molecular weight is 331 g/mol. The number of carbonyl (C=O) groups excluding carboxylic acids is 3. The van der Waals surface area contributed by atoms with Crippen molar-refractivity contribution in [3.05, 3.63) is 29.8 Å². The molecule has 10 heteroatoms. The summed E-state index contributed by atoms with van der Waals surface area (Å²) in [5.41, 5.74) is -1.19. The van der Waals surface area contributed by atoms with E-state index in [0.717, 1.165) is 12.1 Å². The highest BCUT2D eigenvalue weighted by Crippen LogP contribution is 2.30. The van der Waals surface area contributed by atoms with Gasteiger partial charge in [0, 0.05) is 5.69 Å². The van der Waals surface area contributed by atoms with Crippen LogP contribution in [0.25, 0.3) is 0 Å². The Morgan fingerprint density at radius 1 is 1.27 bits per heavy atom. The molecule has 0 radical (unpaired) electrons. The molecule has 0 spiro atoms. The maximum Gasteiger partial charge on any atom is 0.416 e. The van der Waals surface area contributed by atoms with Crippen molar-refractivity contribution in [1.29, 1.82) is 0 Å². The number of nitrogens with one attached hydrogen (secondary N) is 3. The fourth-order valence-corrected chi connectivity index (χ4v) is 1.92. The molecule has 2 amide bonds. The zero-order valence-corrected chi connectivity index (χ0v) is 11.5. The fourth-order valence-electron chi connectivity index (χ4n) is 1.70. The summed E-state index contributed by atoms with van der Waals surface area (Å²) in [5.74, 6) is -3.18. The first kappa shape index (κ1) is 15.9. The number of alkyl halides is 3. The highest BCUT2D eigenvalue weighted by molar-refractivity contribution is 7.80. The maximum atomic E-state index is 12.5. The minimum Gasteiger partial charge on any atom is -0.344 e. The highest BCUT2D eigenvalue weighted by Gasteiger charge is 2.37. The summed E-state index contributed by atoms with van der Waals surface area (Å²) >= 11 is 4.61. The molecule has 0 aliphatic carbocycles. The van der Waals surface area contributed by atoms with Crippen molar-refractivity contribution in [2.24, 2.45) is 0 Å². The number of carbonyl (C=O) groups is 3. The van der Waals surface area contributed by atoms with Gasteiger partial charge in [-0.25, -0.2) is 0 Å². The van der Waals surface area contributed by atoms with Gasteiger partial charge in [-0.05, 0) is 30.4 Å². The average Bonchev–Trinajstić information content (AvgIpc) is 2.76. The molecule has 1 atom stereocenters. The van der Waals surface area contributed by atoms with E-state index in [1.54, 1.807) is 0 Å². The van der Waals surface area contributed by atoms with Gasteiger partial charge in [0.1, 0.15) is 0 Å². The molecule has 0 saturated carbocycles. The van der Waals surface area contributed by atoms with Crippen LogP contribution < -0.4 is 16.0 Å². The zero-order chi connectivity index (χ0) is 16.5. The number of rotatable bonds is 3. The molecule has 2 rings (SSSR count). The quantitative estimate of drug-likeness (QED) is 0.429. The molecule has 1 heterocycles. The number of halogens is 3. The van der Waals surface area contributed by atoms with Crippen molar-refractivity contribution in [3.63, 3.8) is 0 Å². The second kappa shape index (κ2) is 5.72. The predicted molar refractivity (Wildman–Crippen MR) is 72.7 cm³/mol. The van der Waals surface area contributed by atoms with Crippen LogP contribution in [0.4, 0.5) is 18.9 Å². The van der Waals surface area contributed by atoms with Crippen molar-refractivity contribution in [2.75, 3.05) is 5.32 Å². The number of Topliss-reactive ketones (excluding diaryl/α,β-unsaturated/α-hetero) is 1. The summed E-state index contributed by atoms with van der Waals surface area (Å²) in [6.45, 7) is 0. The summed E-state index contributed by atoms with van der Waals surface area (Å²) < 4.78 is 37.6. The molecule has 3 N–H and O–H groups in total. The number of thiocarbonyl (C=S) groups is 1. The Bertz CT molecular complexity index is 675. The Morgan fingerprint density at radius 2 is 1.95 bits per heavy atom. The van der Waals surface area contributed by atoms with Gasteiger partial charge in [0.15, 0.2) is 11.2 Å². The van der Waals surface area contributed by atoms with E-state index in [-0.39, 0.29) is 10.8 Å². The van der Waals surface area contributed by atoms with Gasteiger partial charge in [-0.15, -0.1) is 0 Å². The molecule has 22 heavy (non-hydrogen) atoms. The number of ketones is 1. The molecule has 116 valence electrons. The van der Waals surface area contributed by atoms with E-state index >= 15 is 0 Å². The van der Waals surface area contributed by atoms with Crippen LogP contribution in [0.5, 0.6) is 0 Å². The van der Waals surface area contributed by atoms with Crippen LogP contribution in [0.1, 0.15) is 5.56 Å². The molecule has 1 aliphatic rings. The number of anilines is 1. The van der Waals surface area contributed by atoms with Crippen LogP contribution in [0.3, 0.4) is 0 Å². The predicted octanol–water partition coefficient (Wildman–Crippen LogP) is 0.586. The Kier molecular flexibility index (Phi) is 4.13. The van der Waals surface area contributed by atoms with Crippen LogP contribution in [0.15, 0.2) is 24.3 Å². The van der Waals surface area contributed by atoms with Gasteiger partial charge in [-0.2, -0.15) is 13.2 Å². The maximum absolute atomic E-state index is 12.5. The van der Waals surface area contributed by atoms with Gasteiger partial charge in [0.2, 0.25) is 0 Å². The van der Waals surface area contributed by atoms with Crippen LogP contribution in [-0.2, 0) is 20.6 Å². The number of hydrogen-bond acceptors (Lipinski definition) is 4. The topological polar surface area (TPSA) is 87.3 Å². The first-order valence-electron chi connectivity index (χ1n) is 5.82. The van der Waals surface area contributed by atoms with E-state index in [2.05, 4.69) is 22.9 Å². The molecule has 1 aromatic carbocycles. The standard InChI is InChI=1S/C12H8F3N3O3S/c13-12(14,15)5-2-1-3-6(4-5)16-10(21)8(19)7-9(20)18-11(22)17-7/h1-4,7H,(H,16,21)(H2,17,18,20,22). The van der Waals surface area contributed by atoms with E-state index in [0.29, 0.717) is 6.07 Å². The van der Waals surface area contributed by atoms with E-state index in [1.807, 2.05) is 5.32 Å². The zero-order valence-electron chi connectivity index (χ0n) is 10.7. The second-order valence-electron chi connectivity index (χ2n) is 4.29. The van der Waals surface area contributed by atoms with Gasteiger partial charge in [-0.1, -0.05) is 6.07 Å². The van der Waals surface area contributed by atoms with Crippen molar-refractivity contribution < 1.29 is 27.6 Å². The van der Waals surface area contributed by atoms with Gasteiger partial charge in [0.25, 0.3) is 17.6 Å². The summed E-state index contributed by atoms with van der Waals surface area (Å²) in [5, 5.41) is 6.33. The molecule has 0 bridgehead atoms. The molecule has 1 aromatic rings. The van der Waals surface area contributed by atoms with Gasteiger partial charge >= 0.3 is 6.18 Å². The molecular weight excluding hydrogens is 323 g/mol. The summed E-state index contributed by atoms with van der Waals surface area (Å²) in [4.78, 5) is 34.8. The smallest absolute Gasteiger partial charge is 0.344 e. The highest BCUT2D eigenvalue weighted by atomic mass is 32.1. The SMILES string of the molecule is O=C(Nc1cccc(C(F)(F)F)c1)C(=O)C1NC(=S)NC1=O. The minimum absolute atomic E-state index is 0.102. The summed E-state index contributed by atoms with van der Waals surface area (Å²) in [7, 11) is 0. The van der Waals surface area contributed by atoms with E-state index in [4.69, 9.17) is 0 Å². The lowest BCUT2D eigenvalue weighted by molar-refractivity contribution is -0.138. The molecular formula is C12H8F3N3O3S. The van der Waals surface area contributed by atoms with Crippen LogP contribution in [-0.4, -0.2) is 28.8 Å². The Balaban J connectivity index is 2.11. The Labute approximate surface area is 127 Å². The number of benzene rings is 1. The lowest BCUT2D eigenvalue weighted by Gasteiger charge is -2.10. The van der Waals surface area contributed by atoms with E-state index in [9.17, 15) is 27.6 Å². The fraction of sp³-hybridized carbons (Fsp3) is 0.167. The molecule has 1 aliphatic heterocycles. The normalized spacial score (nSPS) is 17.7. The Hall–Kier alpha value is -2.49. The first-order valence-corrected chi connectivity index (χ1v) is 6.23. The lowest BCUT2D eigenvalue weighted by Crippen LogP contribution is -2.43. The molecule has 0 aromatic heterocycles. The molecule has 1 fully saturated rings.